The highest BCUT2D eigenvalue weighted by molar-refractivity contribution is 6.36. The minimum atomic E-state index is -0.0804. The number of amides is 1. The van der Waals surface area contributed by atoms with Crippen LogP contribution in [-0.2, 0) is 0 Å². The van der Waals surface area contributed by atoms with Gasteiger partial charge in [-0.05, 0) is 18.2 Å². The Bertz CT molecular complexity index is 403. The number of hydrogen-bond donors (Lipinski definition) is 1. The normalized spacial score (nSPS) is 16.2. The van der Waals surface area contributed by atoms with Crippen molar-refractivity contribution in [2.24, 2.45) is 0 Å². The van der Waals surface area contributed by atoms with Crippen molar-refractivity contribution >= 4 is 29.1 Å². The van der Waals surface area contributed by atoms with Crippen LogP contribution in [0.4, 0.5) is 0 Å². The summed E-state index contributed by atoms with van der Waals surface area (Å²) in [5.41, 5.74) is 0.490. The van der Waals surface area contributed by atoms with Gasteiger partial charge in [-0.1, -0.05) is 23.2 Å². The molecule has 0 bridgehead atoms. The topological polar surface area (TPSA) is 32.3 Å². The van der Waals surface area contributed by atoms with Gasteiger partial charge in [0.25, 0.3) is 5.91 Å². The van der Waals surface area contributed by atoms with Crippen LogP contribution in [0.2, 0.25) is 10.0 Å². The first-order valence-electron chi connectivity index (χ1n) is 4.98. The van der Waals surface area contributed by atoms with Gasteiger partial charge in [-0.2, -0.15) is 0 Å². The molecule has 1 aromatic carbocycles. The molecule has 1 N–H and O–H groups in total. The first-order valence-corrected chi connectivity index (χ1v) is 5.74. The predicted octanol–water partition coefficient (Wildman–Crippen LogP) is 2.20. The number of nitrogens with zero attached hydrogens (tertiary/aromatic N) is 1. The van der Waals surface area contributed by atoms with Crippen LogP contribution >= 0.6 is 23.2 Å². The lowest BCUT2D eigenvalue weighted by Crippen LogP contribution is -2.43. The molecule has 1 fully saturated rings. The van der Waals surface area contributed by atoms with Crippen molar-refractivity contribution in [2.45, 2.75) is 0 Å². The zero-order valence-corrected chi connectivity index (χ0v) is 10.1. The number of carbonyl (C=O) groups excluding carboxylic acids is 1. The number of halogens is 2. The third-order valence-electron chi connectivity index (χ3n) is 2.41. The molecule has 1 saturated heterocycles. The van der Waals surface area contributed by atoms with Gasteiger partial charge in [0.15, 0.2) is 0 Å². The summed E-state index contributed by atoms with van der Waals surface area (Å²) >= 11 is 11.8. The van der Waals surface area contributed by atoms with Gasteiger partial charge >= 0.3 is 0 Å². The molecule has 1 aliphatic rings. The molecule has 1 aliphatic heterocycles. The lowest BCUT2D eigenvalue weighted by Gasteiger charge is -2.27. The van der Waals surface area contributed by atoms with Crippen molar-refractivity contribution < 1.29 is 4.79 Å². The Morgan fingerprint density at radius 3 is 2.81 bits per heavy atom. The van der Waals surface area contributed by atoms with Crippen molar-refractivity contribution in [1.29, 1.82) is 0 Å². The SMILES string of the molecule is O=C(c1ccc(Cl)cc1Cl)N1[CH]CNCC1. The average Bonchev–Trinajstić information content (AvgIpc) is 2.29. The van der Waals surface area contributed by atoms with Gasteiger partial charge in [-0.25, -0.2) is 0 Å². The van der Waals surface area contributed by atoms with E-state index < -0.39 is 0 Å². The lowest BCUT2D eigenvalue weighted by molar-refractivity contribution is 0.0782. The van der Waals surface area contributed by atoms with E-state index in [1.54, 1.807) is 23.1 Å². The first kappa shape index (κ1) is 11.7. The van der Waals surface area contributed by atoms with E-state index in [-0.39, 0.29) is 5.91 Å². The number of nitrogens with one attached hydrogen (secondary N) is 1. The third-order valence-corrected chi connectivity index (χ3v) is 2.96. The minimum absolute atomic E-state index is 0.0804. The maximum Gasteiger partial charge on any atom is 0.255 e. The second kappa shape index (κ2) is 5.04. The molecule has 1 radical (unpaired) electrons. The highest BCUT2D eigenvalue weighted by Crippen LogP contribution is 2.22. The number of rotatable bonds is 1. The monoisotopic (exact) mass is 257 g/mol. The number of carbonyl (C=O) groups is 1. The van der Waals surface area contributed by atoms with E-state index >= 15 is 0 Å². The average molecular weight is 258 g/mol. The first-order chi connectivity index (χ1) is 7.68. The van der Waals surface area contributed by atoms with Crippen molar-refractivity contribution in [1.82, 2.24) is 10.2 Å². The van der Waals surface area contributed by atoms with Gasteiger partial charge < -0.3 is 10.2 Å². The van der Waals surface area contributed by atoms with Crippen molar-refractivity contribution in [2.75, 3.05) is 19.6 Å². The Hall–Kier alpha value is -0.770. The summed E-state index contributed by atoms with van der Waals surface area (Å²) in [6.45, 7) is 4.00. The highest BCUT2D eigenvalue weighted by atomic mass is 35.5. The summed E-state index contributed by atoms with van der Waals surface area (Å²) in [6.07, 6.45) is 0. The Morgan fingerprint density at radius 2 is 2.19 bits per heavy atom. The minimum Gasteiger partial charge on any atom is -0.331 e. The molecule has 16 heavy (non-hydrogen) atoms. The molecule has 0 saturated carbocycles. The van der Waals surface area contributed by atoms with Crippen LogP contribution in [-0.4, -0.2) is 30.4 Å². The lowest BCUT2D eigenvalue weighted by atomic mass is 10.2. The van der Waals surface area contributed by atoms with E-state index in [1.807, 2.05) is 6.54 Å². The van der Waals surface area contributed by atoms with Gasteiger partial charge in [0.05, 0.1) is 17.1 Å². The molecule has 0 atom stereocenters. The molecule has 1 heterocycles. The smallest absolute Gasteiger partial charge is 0.255 e. The fourth-order valence-electron chi connectivity index (χ4n) is 1.57. The van der Waals surface area contributed by atoms with E-state index in [9.17, 15) is 4.79 Å². The second-order valence-electron chi connectivity index (χ2n) is 3.51. The van der Waals surface area contributed by atoms with E-state index in [2.05, 4.69) is 5.32 Å². The maximum atomic E-state index is 12.1. The summed E-state index contributed by atoms with van der Waals surface area (Å²) in [5.74, 6) is -0.0804. The summed E-state index contributed by atoms with van der Waals surface area (Å²) < 4.78 is 0. The molecule has 0 aliphatic carbocycles. The van der Waals surface area contributed by atoms with Crippen molar-refractivity contribution in [3.05, 3.63) is 40.4 Å². The molecular formula is C11H11Cl2N2O. The van der Waals surface area contributed by atoms with Gasteiger partial charge in [-0.15, -0.1) is 0 Å². The Morgan fingerprint density at radius 1 is 1.38 bits per heavy atom. The zero-order chi connectivity index (χ0) is 11.5. The van der Waals surface area contributed by atoms with Crippen LogP contribution in [0.3, 0.4) is 0 Å². The van der Waals surface area contributed by atoms with Crippen LogP contribution in [0.25, 0.3) is 0 Å². The molecule has 85 valence electrons. The number of hydrogen-bond acceptors (Lipinski definition) is 2. The second-order valence-corrected chi connectivity index (χ2v) is 4.35. The van der Waals surface area contributed by atoms with E-state index in [1.165, 1.54) is 0 Å². The fraction of sp³-hybridized carbons (Fsp3) is 0.273. The van der Waals surface area contributed by atoms with Crippen LogP contribution in [0.15, 0.2) is 18.2 Å². The van der Waals surface area contributed by atoms with E-state index in [4.69, 9.17) is 23.2 Å². The fourth-order valence-corrected chi connectivity index (χ4v) is 2.06. The molecule has 0 unspecified atom stereocenters. The standard InChI is InChI=1S/C11H11Cl2N2O/c12-8-1-2-9(10(13)7-8)11(16)15-5-3-14-4-6-15/h1-2,5,7,14H,3-4,6H2. The highest BCUT2D eigenvalue weighted by Gasteiger charge is 2.20. The molecule has 0 aromatic heterocycles. The van der Waals surface area contributed by atoms with Gasteiger partial charge in [0.1, 0.15) is 0 Å². The molecular weight excluding hydrogens is 247 g/mol. The van der Waals surface area contributed by atoms with Gasteiger partial charge in [0.2, 0.25) is 0 Å². The Balaban J connectivity index is 2.19. The largest absolute Gasteiger partial charge is 0.331 e. The van der Waals surface area contributed by atoms with Crippen LogP contribution < -0.4 is 5.32 Å². The summed E-state index contributed by atoms with van der Waals surface area (Å²) in [6, 6.07) is 4.91. The quantitative estimate of drug-likeness (QED) is 0.837. The van der Waals surface area contributed by atoms with Crippen LogP contribution in [0.5, 0.6) is 0 Å². The van der Waals surface area contributed by atoms with Crippen molar-refractivity contribution in [3.63, 3.8) is 0 Å². The van der Waals surface area contributed by atoms with Crippen LogP contribution in [0, 0.1) is 6.54 Å². The summed E-state index contributed by atoms with van der Waals surface area (Å²) in [7, 11) is 0. The Kier molecular flexibility index (Phi) is 3.69. The van der Waals surface area contributed by atoms with E-state index in [0.717, 1.165) is 6.54 Å². The maximum absolute atomic E-state index is 12.1. The van der Waals surface area contributed by atoms with Crippen molar-refractivity contribution in [3.8, 4) is 0 Å². The molecule has 1 amide bonds. The third kappa shape index (κ3) is 2.48. The number of benzene rings is 1. The zero-order valence-electron chi connectivity index (χ0n) is 8.54. The van der Waals surface area contributed by atoms with Gasteiger partial charge in [0, 0.05) is 24.7 Å². The molecule has 2 rings (SSSR count). The summed E-state index contributed by atoms with van der Waals surface area (Å²) in [4.78, 5) is 13.7. The van der Waals surface area contributed by atoms with E-state index in [0.29, 0.717) is 28.7 Å². The molecule has 5 heteroatoms. The molecule has 1 aromatic rings. The Labute approximate surface area is 104 Å². The number of piperazine rings is 1. The predicted molar refractivity (Wildman–Crippen MR) is 64.7 cm³/mol. The summed E-state index contributed by atoms with van der Waals surface area (Å²) in [5, 5.41) is 4.07. The molecule has 3 nitrogen and oxygen atoms in total. The van der Waals surface area contributed by atoms with Gasteiger partial charge in [-0.3, -0.25) is 4.79 Å². The molecule has 0 spiro atoms. The van der Waals surface area contributed by atoms with Crippen LogP contribution in [0.1, 0.15) is 10.4 Å².